The largest absolute Gasteiger partial charge is 0.383 e. The van der Waals surface area contributed by atoms with E-state index in [4.69, 9.17) is 0 Å². The van der Waals surface area contributed by atoms with Gasteiger partial charge in [0.15, 0.2) is 0 Å². The summed E-state index contributed by atoms with van der Waals surface area (Å²) in [5, 5.41) is 19.4. The molecule has 1 N–H and O–H groups in total. The second-order valence-electron chi connectivity index (χ2n) is 4.08. The maximum absolute atomic E-state index is 10.2. The molecule has 0 spiro atoms. The zero-order valence-electron chi connectivity index (χ0n) is 10.1. The van der Waals surface area contributed by atoms with Crippen molar-refractivity contribution in [1.82, 2.24) is 0 Å². The van der Waals surface area contributed by atoms with Crippen LogP contribution < -0.4 is 0 Å². The molecule has 0 saturated carbocycles. The van der Waals surface area contributed by atoms with Gasteiger partial charge in [0.05, 0.1) is 11.6 Å². The highest BCUT2D eigenvalue weighted by molar-refractivity contribution is 9.10. The molecule has 19 heavy (non-hydrogen) atoms. The van der Waals surface area contributed by atoms with Crippen LogP contribution in [0, 0.1) is 11.3 Å². The molecule has 0 aliphatic carbocycles. The van der Waals surface area contributed by atoms with Gasteiger partial charge in [-0.15, -0.1) is 0 Å². The van der Waals surface area contributed by atoms with Crippen LogP contribution in [0.1, 0.15) is 17.2 Å². The Morgan fingerprint density at radius 3 is 2.32 bits per heavy atom. The number of aliphatic hydroxyl groups excluding tert-OH is 1. The molecule has 1 unspecified atom stereocenters. The van der Waals surface area contributed by atoms with Crippen LogP contribution in [0.15, 0.2) is 64.6 Å². The molecular formula is C16H12BrNO. The van der Waals surface area contributed by atoms with Gasteiger partial charge < -0.3 is 5.11 Å². The molecule has 0 amide bonds. The van der Waals surface area contributed by atoms with Crippen LogP contribution in [0.25, 0.3) is 6.08 Å². The zero-order chi connectivity index (χ0) is 13.7. The predicted octanol–water partition coefficient (Wildman–Crippen LogP) is 4.09. The molecule has 3 heteroatoms. The number of hydrogen-bond donors (Lipinski definition) is 1. The molecule has 0 saturated heterocycles. The monoisotopic (exact) mass is 313 g/mol. The quantitative estimate of drug-likeness (QED) is 0.867. The van der Waals surface area contributed by atoms with Crippen molar-refractivity contribution < 1.29 is 5.11 Å². The molecule has 2 aromatic carbocycles. The fourth-order valence-corrected chi connectivity index (χ4v) is 1.99. The van der Waals surface area contributed by atoms with Crippen LogP contribution in [-0.4, -0.2) is 5.11 Å². The number of nitrogens with zero attached hydrogens (tertiary/aromatic N) is 1. The Balaban J connectivity index is 2.30. The summed E-state index contributed by atoms with van der Waals surface area (Å²) >= 11 is 3.34. The van der Waals surface area contributed by atoms with Crippen molar-refractivity contribution in [2.24, 2.45) is 0 Å². The van der Waals surface area contributed by atoms with E-state index in [1.165, 1.54) is 0 Å². The smallest absolute Gasteiger partial charge is 0.114 e. The van der Waals surface area contributed by atoms with E-state index in [0.29, 0.717) is 11.1 Å². The molecular weight excluding hydrogens is 302 g/mol. The minimum Gasteiger partial charge on any atom is -0.383 e. The first-order chi connectivity index (χ1) is 9.20. The Labute approximate surface area is 120 Å². The molecule has 0 fully saturated rings. The van der Waals surface area contributed by atoms with Crippen molar-refractivity contribution in [3.05, 3.63) is 75.8 Å². The van der Waals surface area contributed by atoms with Gasteiger partial charge in [-0.1, -0.05) is 58.4 Å². The van der Waals surface area contributed by atoms with Crippen molar-refractivity contribution in [3.63, 3.8) is 0 Å². The summed E-state index contributed by atoms with van der Waals surface area (Å²) in [6.45, 7) is 0. The Hall–Kier alpha value is -1.89. The number of benzene rings is 2. The summed E-state index contributed by atoms with van der Waals surface area (Å²) in [7, 11) is 0. The number of rotatable bonds is 3. The highest BCUT2D eigenvalue weighted by Crippen LogP contribution is 2.24. The first kappa shape index (κ1) is 13.5. The first-order valence-electron chi connectivity index (χ1n) is 5.81. The lowest BCUT2D eigenvalue weighted by Crippen LogP contribution is -1.99. The average Bonchev–Trinajstić information content (AvgIpc) is 2.46. The van der Waals surface area contributed by atoms with Crippen molar-refractivity contribution in [2.75, 3.05) is 0 Å². The molecule has 1 atom stereocenters. The summed E-state index contributed by atoms with van der Waals surface area (Å²) < 4.78 is 0.939. The van der Waals surface area contributed by atoms with Crippen molar-refractivity contribution in [3.8, 4) is 6.07 Å². The third kappa shape index (κ3) is 3.54. The van der Waals surface area contributed by atoms with Gasteiger partial charge in [-0.2, -0.15) is 5.26 Å². The summed E-state index contributed by atoms with van der Waals surface area (Å²) in [6, 6.07) is 18.8. The van der Waals surface area contributed by atoms with Crippen LogP contribution in [0.4, 0.5) is 0 Å². The molecule has 0 heterocycles. The third-order valence-electron chi connectivity index (χ3n) is 2.73. The third-order valence-corrected chi connectivity index (χ3v) is 3.26. The molecule has 0 aliphatic rings. The molecule has 2 rings (SSSR count). The van der Waals surface area contributed by atoms with Gasteiger partial charge in [0, 0.05) is 4.47 Å². The van der Waals surface area contributed by atoms with Gasteiger partial charge in [-0.25, -0.2) is 0 Å². The topological polar surface area (TPSA) is 44.0 Å². The van der Waals surface area contributed by atoms with Crippen LogP contribution in [0.3, 0.4) is 0 Å². The van der Waals surface area contributed by atoms with Crippen LogP contribution in [-0.2, 0) is 0 Å². The van der Waals surface area contributed by atoms with Gasteiger partial charge in [-0.3, -0.25) is 0 Å². The van der Waals surface area contributed by atoms with Crippen LogP contribution in [0.2, 0.25) is 0 Å². The van der Waals surface area contributed by atoms with Crippen LogP contribution in [0.5, 0.6) is 0 Å². The lowest BCUT2D eigenvalue weighted by atomic mass is 10.0. The molecule has 2 aromatic rings. The maximum atomic E-state index is 10.2. The Morgan fingerprint density at radius 1 is 1.11 bits per heavy atom. The zero-order valence-corrected chi connectivity index (χ0v) is 11.7. The fraction of sp³-hybridized carbons (Fsp3) is 0.0625. The molecule has 0 aromatic heterocycles. The Kier molecular flexibility index (Phi) is 4.51. The summed E-state index contributed by atoms with van der Waals surface area (Å²) in [5.74, 6) is 0. The number of halogens is 1. The summed E-state index contributed by atoms with van der Waals surface area (Å²) in [5.41, 5.74) is 1.93. The lowest BCUT2D eigenvalue weighted by molar-refractivity contribution is 0.221. The standard InChI is InChI=1S/C16H12BrNO/c17-15-8-6-13(7-9-15)16(19)14(11-18)10-12-4-2-1-3-5-12/h1-10,16,19H/b14-10-. The first-order valence-corrected chi connectivity index (χ1v) is 6.60. The predicted molar refractivity (Wildman–Crippen MR) is 79.1 cm³/mol. The van der Waals surface area contributed by atoms with Gasteiger partial charge in [0.1, 0.15) is 6.10 Å². The molecule has 2 nitrogen and oxygen atoms in total. The van der Waals surface area contributed by atoms with E-state index in [-0.39, 0.29) is 0 Å². The number of nitriles is 1. The second-order valence-corrected chi connectivity index (χ2v) is 4.99. The number of aliphatic hydroxyl groups is 1. The Morgan fingerprint density at radius 2 is 1.74 bits per heavy atom. The van der Waals surface area contributed by atoms with E-state index >= 15 is 0 Å². The highest BCUT2D eigenvalue weighted by Gasteiger charge is 2.13. The van der Waals surface area contributed by atoms with Crippen molar-refractivity contribution in [1.29, 1.82) is 5.26 Å². The second kappa shape index (κ2) is 6.33. The molecule has 0 radical (unpaired) electrons. The maximum Gasteiger partial charge on any atom is 0.114 e. The van der Waals surface area contributed by atoms with E-state index < -0.39 is 6.10 Å². The normalized spacial score (nSPS) is 12.8. The summed E-state index contributed by atoms with van der Waals surface area (Å²) in [6.07, 6.45) is 0.797. The summed E-state index contributed by atoms with van der Waals surface area (Å²) in [4.78, 5) is 0. The van der Waals surface area contributed by atoms with Gasteiger partial charge in [0.25, 0.3) is 0 Å². The van der Waals surface area contributed by atoms with Gasteiger partial charge >= 0.3 is 0 Å². The van der Waals surface area contributed by atoms with E-state index in [2.05, 4.69) is 22.0 Å². The number of hydrogen-bond acceptors (Lipinski definition) is 2. The molecule has 94 valence electrons. The lowest BCUT2D eigenvalue weighted by Gasteiger charge is -2.10. The van der Waals surface area contributed by atoms with E-state index in [1.54, 1.807) is 18.2 Å². The average molecular weight is 314 g/mol. The van der Waals surface area contributed by atoms with Gasteiger partial charge in [-0.05, 0) is 29.3 Å². The van der Waals surface area contributed by atoms with Crippen molar-refractivity contribution in [2.45, 2.75) is 6.10 Å². The van der Waals surface area contributed by atoms with Crippen molar-refractivity contribution >= 4 is 22.0 Å². The highest BCUT2D eigenvalue weighted by atomic mass is 79.9. The Bertz CT molecular complexity index is 611. The fourth-order valence-electron chi connectivity index (χ4n) is 1.73. The molecule has 0 bridgehead atoms. The van der Waals surface area contributed by atoms with Gasteiger partial charge in [0.2, 0.25) is 0 Å². The SMILES string of the molecule is N#C/C(=C/c1ccccc1)C(O)c1ccc(Br)cc1. The van der Waals surface area contributed by atoms with E-state index in [0.717, 1.165) is 10.0 Å². The minimum atomic E-state index is -0.904. The minimum absolute atomic E-state index is 0.327. The molecule has 0 aliphatic heterocycles. The van der Waals surface area contributed by atoms with E-state index in [9.17, 15) is 10.4 Å². The van der Waals surface area contributed by atoms with E-state index in [1.807, 2.05) is 42.5 Å². The van der Waals surface area contributed by atoms with Crippen LogP contribution >= 0.6 is 15.9 Å².